The first-order chi connectivity index (χ1) is 11.6. The molecule has 0 bridgehead atoms. The van der Waals surface area contributed by atoms with Gasteiger partial charge >= 0.3 is 0 Å². The van der Waals surface area contributed by atoms with E-state index in [-0.39, 0.29) is 17.7 Å². The molecule has 3 fully saturated rings. The number of nitrogens with zero attached hydrogens (tertiary/aromatic N) is 3. The lowest BCUT2D eigenvalue weighted by Gasteiger charge is -2.39. The van der Waals surface area contributed by atoms with E-state index in [1.807, 2.05) is 21.9 Å². The molecule has 2 saturated heterocycles. The average Bonchev–Trinajstić information content (AvgIpc) is 3.38. The molecule has 1 unspecified atom stereocenters. The summed E-state index contributed by atoms with van der Waals surface area (Å²) in [5, 5.41) is 10.8. The van der Waals surface area contributed by atoms with Crippen molar-refractivity contribution in [3.8, 4) is 0 Å². The summed E-state index contributed by atoms with van der Waals surface area (Å²) < 4.78 is 0. The second kappa shape index (κ2) is 5.84. The van der Waals surface area contributed by atoms with Gasteiger partial charge in [0.15, 0.2) is 0 Å². The largest absolute Gasteiger partial charge is 0.385 e. The van der Waals surface area contributed by atoms with Crippen molar-refractivity contribution in [3.05, 3.63) is 30.1 Å². The third kappa shape index (κ3) is 2.79. The van der Waals surface area contributed by atoms with Gasteiger partial charge in [0, 0.05) is 50.1 Å². The molecule has 1 aliphatic carbocycles. The number of aliphatic hydroxyl groups is 1. The number of piperidine rings is 1. The predicted molar refractivity (Wildman–Crippen MR) is 86.8 cm³/mol. The number of amides is 2. The van der Waals surface area contributed by atoms with Gasteiger partial charge in [-0.3, -0.25) is 14.6 Å². The van der Waals surface area contributed by atoms with Crippen molar-refractivity contribution >= 4 is 11.8 Å². The van der Waals surface area contributed by atoms with Gasteiger partial charge in [-0.25, -0.2) is 0 Å². The number of aromatic nitrogens is 1. The first-order valence-electron chi connectivity index (χ1n) is 8.78. The predicted octanol–water partition coefficient (Wildman–Crippen LogP) is 0.902. The van der Waals surface area contributed by atoms with E-state index in [9.17, 15) is 14.7 Å². The Hall–Kier alpha value is -1.95. The molecular formula is C18H23N3O3. The summed E-state index contributed by atoms with van der Waals surface area (Å²) >= 11 is 0. The molecule has 1 aromatic rings. The van der Waals surface area contributed by atoms with Crippen LogP contribution in [0.4, 0.5) is 0 Å². The molecule has 1 N–H and O–H groups in total. The van der Waals surface area contributed by atoms with Crippen molar-refractivity contribution in [3.63, 3.8) is 0 Å². The van der Waals surface area contributed by atoms with Gasteiger partial charge in [0.25, 0.3) is 0 Å². The van der Waals surface area contributed by atoms with Gasteiger partial charge in [-0.1, -0.05) is 6.07 Å². The molecule has 1 aromatic heterocycles. The molecule has 0 spiro atoms. The SMILES string of the molecule is O=C(C1CC(=O)N(C2CC2)C1)N1CCC(O)(c2cccnc2)CC1. The van der Waals surface area contributed by atoms with E-state index in [2.05, 4.69) is 4.98 Å². The number of pyridine rings is 1. The molecule has 6 nitrogen and oxygen atoms in total. The van der Waals surface area contributed by atoms with E-state index in [0.717, 1.165) is 18.4 Å². The Morgan fingerprint density at radius 2 is 2.04 bits per heavy atom. The van der Waals surface area contributed by atoms with Gasteiger partial charge in [0.2, 0.25) is 11.8 Å². The fraction of sp³-hybridized carbons (Fsp3) is 0.611. The van der Waals surface area contributed by atoms with E-state index < -0.39 is 5.60 Å². The molecule has 6 heteroatoms. The monoisotopic (exact) mass is 329 g/mol. The zero-order valence-corrected chi connectivity index (χ0v) is 13.7. The van der Waals surface area contributed by atoms with Crippen LogP contribution in [0, 0.1) is 5.92 Å². The van der Waals surface area contributed by atoms with E-state index in [1.165, 1.54) is 0 Å². The molecule has 0 radical (unpaired) electrons. The number of rotatable bonds is 3. The maximum absolute atomic E-state index is 12.7. The Kier molecular flexibility index (Phi) is 3.79. The maximum atomic E-state index is 12.7. The molecule has 2 aliphatic heterocycles. The standard InChI is InChI=1S/C18H23N3O3/c22-16-10-13(12-21(16)15-3-4-15)17(23)20-8-5-18(24,6-9-20)14-2-1-7-19-11-14/h1-2,7,11,13,15,24H,3-6,8-10,12H2. The molecule has 3 heterocycles. The fourth-order valence-corrected chi connectivity index (χ4v) is 3.92. The molecule has 0 aromatic carbocycles. The third-order valence-electron chi connectivity index (χ3n) is 5.60. The normalized spacial score (nSPS) is 26.7. The minimum Gasteiger partial charge on any atom is -0.385 e. The van der Waals surface area contributed by atoms with Gasteiger partial charge < -0.3 is 14.9 Å². The van der Waals surface area contributed by atoms with Crippen molar-refractivity contribution in [2.45, 2.75) is 43.7 Å². The highest BCUT2D eigenvalue weighted by Gasteiger charge is 2.44. The summed E-state index contributed by atoms with van der Waals surface area (Å²) in [6.07, 6.45) is 6.91. The summed E-state index contributed by atoms with van der Waals surface area (Å²) in [5.41, 5.74) is -0.0932. The Balaban J connectivity index is 1.37. The van der Waals surface area contributed by atoms with Crippen molar-refractivity contribution < 1.29 is 14.7 Å². The summed E-state index contributed by atoms with van der Waals surface area (Å²) in [7, 11) is 0. The van der Waals surface area contributed by atoms with Gasteiger partial charge in [0.05, 0.1) is 11.5 Å². The second-order valence-corrected chi connectivity index (χ2v) is 7.28. The van der Waals surface area contributed by atoms with Gasteiger partial charge in [-0.15, -0.1) is 0 Å². The summed E-state index contributed by atoms with van der Waals surface area (Å²) in [6, 6.07) is 4.09. The number of carbonyl (C=O) groups excluding carboxylic acids is 2. The van der Waals surface area contributed by atoms with Gasteiger partial charge in [-0.2, -0.15) is 0 Å². The summed E-state index contributed by atoms with van der Waals surface area (Å²) in [4.78, 5) is 32.6. The van der Waals surface area contributed by atoms with Crippen LogP contribution in [-0.4, -0.2) is 57.4 Å². The Morgan fingerprint density at radius 3 is 2.67 bits per heavy atom. The van der Waals surface area contributed by atoms with Gasteiger partial charge in [-0.05, 0) is 31.7 Å². The fourth-order valence-electron chi connectivity index (χ4n) is 3.92. The van der Waals surface area contributed by atoms with Gasteiger partial charge in [0.1, 0.15) is 0 Å². The van der Waals surface area contributed by atoms with E-state index in [1.54, 1.807) is 12.4 Å². The topological polar surface area (TPSA) is 73.7 Å². The third-order valence-corrected chi connectivity index (χ3v) is 5.60. The van der Waals surface area contributed by atoms with E-state index in [4.69, 9.17) is 0 Å². The first kappa shape index (κ1) is 15.6. The number of likely N-dealkylation sites (tertiary alicyclic amines) is 2. The lowest BCUT2D eigenvalue weighted by atomic mass is 9.85. The van der Waals surface area contributed by atoms with Crippen molar-refractivity contribution in [2.24, 2.45) is 5.92 Å². The number of hydrogen-bond acceptors (Lipinski definition) is 4. The molecular weight excluding hydrogens is 306 g/mol. The van der Waals surface area contributed by atoms with Crippen LogP contribution in [0.1, 0.15) is 37.7 Å². The Morgan fingerprint density at radius 1 is 1.29 bits per heavy atom. The maximum Gasteiger partial charge on any atom is 0.227 e. The molecule has 4 rings (SSSR count). The zero-order chi connectivity index (χ0) is 16.7. The number of hydrogen-bond donors (Lipinski definition) is 1. The highest BCUT2D eigenvalue weighted by atomic mass is 16.3. The molecule has 3 aliphatic rings. The van der Waals surface area contributed by atoms with Crippen molar-refractivity contribution in [1.29, 1.82) is 0 Å². The zero-order valence-electron chi connectivity index (χ0n) is 13.7. The Labute approximate surface area is 141 Å². The molecule has 128 valence electrons. The van der Waals surface area contributed by atoms with Crippen LogP contribution in [-0.2, 0) is 15.2 Å². The van der Waals surface area contributed by atoms with Crippen molar-refractivity contribution in [2.75, 3.05) is 19.6 Å². The van der Waals surface area contributed by atoms with Crippen LogP contribution in [0.25, 0.3) is 0 Å². The average molecular weight is 329 g/mol. The quantitative estimate of drug-likeness (QED) is 0.894. The minimum absolute atomic E-state index is 0.0692. The molecule has 1 atom stereocenters. The lowest BCUT2D eigenvalue weighted by Crippen LogP contribution is -2.47. The lowest BCUT2D eigenvalue weighted by molar-refractivity contribution is -0.140. The molecule has 2 amide bonds. The highest BCUT2D eigenvalue weighted by Crippen LogP contribution is 2.35. The molecule has 1 saturated carbocycles. The van der Waals surface area contributed by atoms with E-state index >= 15 is 0 Å². The van der Waals surface area contributed by atoms with Crippen LogP contribution in [0.5, 0.6) is 0 Å². The minimum atomic E-state index is -0.906. The van der Waals surface area contributed by atoms with Crippen LogP contribution < -0.4 is 0 Å². The first-order valence-corrected chi connectivity index (χ1v) is 8.78. The van der Waals surface area contributed by atoms with Crippen LogP contribution in [0.2, 0.25) is 0 Å². The van der Waals surface area contributed by atoms with Crippen LogP contribution in [0.15, 0.2) is 24.5 Å². The summed E-state index contributed by atoms with van der Waals surface area (Å²) in [6.45, 7) is 1.63. The number of carbonyl (C=O) groups is 2. The van der Waals surface area contributed by atoms with Crippen LogP contribution >= 0.6 is 0 Å². The molecule has 24 heavy (non-hydrogen) atoms. The summed E-state index contributed by atoms with van der Waals surface area (Å²) in [5.74, 6) is -0.0119. The smallest absolute Gasteiger partial charge is 0.227 e. The van der Waals surface area contributed by atoms with Crippen LogP contribution in [0.3, 0.4) is 0 Å². The van der Waals surface area contributed by atoms with E-state index in [0.29, 0.717) is 44.9 Å². The van der Waals surface area contributed by atoms with Crippen molar-refractivity contribution in [1.82, 2.24) is 14.8 Å². The Bertz CT molecular complexity index is 636. The second-order valence-electron chi connectivity index (χ2n) is 7.28. The highest BCUT2D eigenvalue weighted by molar-refractivity contribution is 5.89.